The van der Waals surface area contributed by atoms with Crippen molar-refractivity contribution in [2.24, 2.45) is 11.3 Å². The molecule has 0 saturated carbocycles. The van der Waals surface area contributed by atoms with Gasteiger partial charge < -0.3 is 15.4 Å². The fourth-order valence-corrected chi connectivity index (χ4v) is 7.36. The van der Waals surface area contributed by atoms with E-state index in [0.29, 0.717) is 25.1 Å². The molecule has 2 aromatic carbocycles. The van der Waals surface area contributed by atoms with Gasteiger partial charge in [0, 0.05) is 25.5 Å². The molecule has 2 amide bonds. The Morgan fingerprint density at radius 2 is 1.83 bits per heavy atom. The van der Waals surface area contributed by atoms with Crippen LogP contribution in [0.2, 0.25) is 0 Å². The molecule has 3 aliphatic heterocycles. The summed E-state index contributed by atoms with van der Waals surface area (Å²) in [5.74, 6) is -0.107. The van der Waals surface area contributed by atoms with Crippen LogP contribution in [0.5, 0.6) is 0 Å². The first kappa shape index (κ1) is 23.0. The molecule has 2 saturated heterocycles. The quantitative estimate of drug-likeness (QED) is 0.464. The van der Waals surface area contributed by atoms with Crippen LogP contribution in [0.1, 0.15) is 56.7 Å². The van der Waals surface area contributed by atoms with Crippen molar-refractivity contribution in [3.05, 3.63) is 64.4 Å². The van der Waals surface area contributed by atoms with Crippen LogP contribution in [0, 0.1) is 30.4 Å². The molecule has 6 nitrogen and oxygen atoms in total. The van der Waals surface area contributed by atoms with Gasteiger partial charge >= 0.3 is 0 Å². The number of fused-ring (bicyclic) bond motifs is 4. The molecule has 1 aliphatic carbocycles. The Hall–Kier alpha value is -3.41. The van der Waals surface area contributed by atoms with E-state index < -0.39 is 11.0 Å². The van der Waals surface area contributed by atoms with Gasteiger partial charge in [-0.25, -0.2) is 0 Å². The molecular weight excluding hydrogens is 450 g/mol. The fraction of sp³-hybridized carbons (Fsp3) is 0.433. The minimum absolute atomic E-state index is 0.0126. The predicted molar refractivity (Wildman–Crippen MR) is 141 cm³/mol. The maximum atomic E-state index is 13.9. The summed E-state index contributed by atoms with van der Waals surface area (Å²) in [6.07, 6.45) is 4.14. The molecule has 0 aromatic heterocycles. The highest BCUT2D eigenvalue weighted by atomic mass is 16.5. The van der Waals surface area contributed by atoms with Crippen molar-refractivity contribution in [3.63, 3.8) is 0 Å². The van der Waals surface area contributed by atoms with Gasteiger partial charge in [-0.1, -0.05) is 35.4 Å². The van der Waals surface area contributed by atoms with E-state index in [4.69, 9.17) is 0 Å². The normalized spacial score (nSPS) is 28.0. The number of carbonyl (C=O) groups excluding carboxylic acids is 2. The molecule has 3 atom stereocenters. The average molecular weight is 484 g/mol. The summed E-state index contributed by atoms with van der Waals surface area (Å²) in [4.78, 5) is 27.6. The first-order valence-corrected chi connectivity index (χ1v) is 12.9. The van der Waals surface area contributed by atoms with Gasteiger partial charge in [-0.3, -0.25) is 9.59 Å². The first-order chi connectivity index (χ1) is 17.0. The monoisotopic (exact) mass is 483 g/mol. The van der Waals surface area contributed by atoms with E-state index in [9.17, 15) is 14.8 Å². The summed E-state index contributed by atoms with van der Waals surface area (Å²) < 4.78 is 1.12. The van der Waals surface area contributed by atoms with Crippen molar-refractivity contribution in [1.82, 2.24) is 10.2 Å². The lowest BCUT2D eigenvalue weighted by atomic mass is 9.59. The number of allylic oxidation sites excluding steroid dienone is 1. The highest BCUT2D eigenvalue weighted by Gasteiger charge is 2.61. The van der Waals surface area contributed by atoms with Gasteiger partial charge in [0.2, 0.25) is 23.2 Å². The van der Waals surface area contributed by atoms with E-state index in [-0.39, 0.29) is 23.8 Å². The molecule has 3 heterocycles. The Kier molecular flexibility index (Phi) is 4.82. The highest BCUT2D eigenvalue weighted by Crippen LogP contribution is 2.53. The topological polar surface area (TPSA) is 75.5 Å². The van der Waals surface area contributed by atoms with Gasteiger partial charge in [-0.15, -0.1) is 0 Å². The van der Waals surface area contributed by atoms with Gasteiger partial charge in [0.05, 0.1) is 22.6 Å². The van der Waals surface area contributed by atoms with E-state index in [1.807, 2.05) is 12.1 Å². The molecular formula is C30H33N3O3. The summed E-state index contributed by atoms with van der Waals surface area (Å²) in [6.45, 7) is 10.6. The van der Waals surface area contributed by atoms with Crippen LogP contribution in [0.15, 0.2) is 42.5 Å². The van der Waals surface area contributed by atoms with Crippen LogP contribution >= 0.6 is 0 Å². The number of hydrogen-bond acceptors (Lipinski definition) is 3. The molecule has 4 aliphatic rings. The summed E-state index contributed by atoms with van der Waals surface area (Å²) in [5, 5.41) is 17.1. The molecule has 2 aromatic rings. The number of nitrogens with zero attached hydrogens (tertiary/aromatic N) is 2. The Morgan fingerprint density at radius 1 is 1.11 bits per heavy atom. The van der Waals surface area contributed by atoms with E-state index >= 15 is 0 Å². The SMILES string of the molecule is CC(=O)N1CCCC12CC1C(C=C3C(=[N+]([O-])c4cc(-c5cc(C)cc(C)c5)ccc43)C1(C)C)NC2=O. The summed E-state index contributed by atoms with van der Waals surface area (Å²) in [6, 6.07) is 12.4. The van der Waals surface area contributed by atoms with Crippen LogP contribution < -0.4 is 5.32 Å². The number of piperidine rings is 1. The number of nitrogens with one attached hydrogen (secondary N) is 1. The Balaban J connectivity index is 1.45. The lowest BCUT2D eigenvalue weighted by molar-refractivity contribution is -0.362. The number of amides is 2. The van der Waals surface area contributed by atoms with E-state index in [2.05, 4.69) is 63.4 Å². The van der Waals surface area contributed by atoms with Crippen molar-refractivity contribution < 1.29 is 14.3 Å². The predicted octanol–water partition coefficient (Wildman–Crippen LogP) is 4.88. The zero-order chi connectivity index (χ0) is 25.6. The molecule has 1 N–H and O–H groups in total. The van der Waals surface area contributed by atoms with E-state index in [1.54, 1.807) is 11.8 Å². The molecule has 1 spiro atoms. The third kappa shape index (κ3) is 3.06. The number of likely N-dealkylation sites (tertiary alicyclic amines) is 1. The molecule has 2 fully saturated rings. The van der Waals surface area contributed by atoms with E-state index in [0.717, 1.165) is 39.1 Å². The second-order valence-corrected chi connectivity index (χ2v) is 11.7. The zero-order valence-corrected chi connectivity index (χ0v) is 21.6. The minimum Gasteiger partial charge on any atom is -0.618 e. The van der Waals surface area contributed by atoms with Gasteiger partial charge in [0.15, 0.2) is 0 Å². The van der Waals surface area contributed by atoms with Crippen molar-refractivity contribution in [2.45, 2.75) is 65.5 Å². The van der Waals surface area contributed by atoms with Crippen molar-refractivity contribution >= 4 is 28.8 Å². The van der Waals surface area contributed by atoms with Crippen LogP contribution in [-0.4, -0.2) is 45.3 Å². The van der Waals surface area contributed by atoms with Gasteiger partial charge in [0.1, 0.15) is 5.54 Å². The fourth-order valence-electron chi connectivity index (χ4n) is 7.36. The molecule has 36 heavy (non-hydrogen) atoms. The second-order valence-electron chi connectivity index (χ2n) is 11.7. The third-order valence-corrected chi connectivity index (χ3v) is 8.98. The lowest BCUT2D eigenvalue weighted by Crippen LogP contribution is -2.68. The number of hydrogen-bond donors (Lipinski definition) is 1. The second kappa shape index (κ2) is 7.55. The largest absolute Gasteiger partial charge is 0.618 e. The average Bonchev–Trinajstić information content (AvgIpc) is 3.35. The third-order valence-electron chi connectivity index (χ3n) is 8.98. The molecule has 3 unspecified atom stereocenters. The van der Waals surface area contributed by atoms with Crippen molar-refractivity contribution in [2.75, 3.05) is 6.54 Å². The maximum Gasteiger partial charge on any atom is 0.246 e. The molecule has 6 heteroatoms. The van der Waals surface area contributed by atoms with Gasteiger partial charge in [-0.05, 0) is 70.2 Å². The highest BCUT2D eigenvalue weighted by molar-refractivity contribution is 6.28. The van der Waals surface area contributed by atoms with Gasteiger partial charge in [0.25, 0.3) is 0 Å². The summed E-state index contributed by atoms with van der Waals surface area (Å²) in [5.41, 5.74) is 6.46. The lowest BCUT2D eigenvalue weighted by Gasteiger charge is -2.51. The molecule has 0 bridgehead atoms. The van der Waals surface area contributed by atoms with Crippen molar-refractivity contribution in [1.29, 1.82) is 0 Å². The van der Waals surface area contributed by atoms with E-state index in [1.165, 1.54) is 11.1 Å². The summed E-state index contributed by atoms with van der Waals surface area (Å²) in [7, 11) is 0. The summed E-state index contributed by atoms with van der Waals surface area (Å²) >= 11 is 0. The maximum absolute atomic E-state index is 13.9. The van der Waals surface area contributed by atoms with Gasteiger partial charge in [-0.2, -0.15) is 4.74 Å². The molecule has 186 valence electrons. The minimum atomic E-state index is -0.814. The smallest absolute Gasteiger partial charge is 0.246 e. The Bertz CT molecular complexity index is 1380. The van der Waals surface area contributed by atoms with Crippen LogP contribution in [-0.2, 0) is 9.59 Å². The van der Waals surface area contributed by atoms with Crippen LogP contribution in [0.4, 0.5) is 5.69 Å². The van der Waals surface area contributed by atoms with Crippen molar-refractivity contribution in [3.8, 4) is 11.1 Å². The Labute approximate surface area is 212 Å². The van der Waals surface area contributed by atoms with Crippen LogP contribution in [0.25, 0.3) is 16.7 Å². The molecule has 6 rings (SSSR count). The van der Waals surface area contributed by atoms with Crippen LogP contribution in [0.3, 0.4) is 0 Å². The molecule has 0 radical (unpaired) electrons. The number of rotatable bonds is 1. The standard InChI is InChI=1S/C30H33N3O3/c1-17-11-18(2)13-21(12-17)20-7-8-22-23-15-25-24(29(4,5)27(23)33(36)26(22)14-20)16-30(28(35)31-25)9-6-10-32(30)19(3)34/h7-8,11-15,24-25H,6,9-10,16H2,1-5H3,(H,31,35). The number of aryl methyl sites for hydroxylation is 2. The Morgan fingerprint density at radius 3 is 2.53 bits per heavy atom. The first-order valence-electron chi connectivity index (χ1n) is 12.9. The number of benzene rings is 2. The number of carbonyl (C=O) groups is 2. The zero-order valence-electron chi connectivity index (χ0n) is 21.6.